The van der Waals surface area contributed by atoms with E-state index in [1.807, 2.05) is 25.1 Å². The lowest BCUT2D eigenvalue weighted by molar-refractivity contribution is 0.102. The molecule has 27 heavy (non-hydrogen) atoms. The van der Waals surface area contributed by atoms with Gasteiger partial charge in [-0.15, -0.1) is 0 Å². The Morgan fingerprint density at radius 3 is 2.70 bits per heavy atom. The van der Waals surface area contributed by atoms with Gasteiger partial charge in [0.25, 0.3) is 5.91 Å². The normalized spacial score (nSPS) is 11.9. The van der Waals surface area contributed by atoms with Crippen LogP contribution in [0.1, 0.15) is 15.9 Å². The quantitative estimate of drug-likeness (QED) is 0.681. The van der Waals surface area contributed by atoms with E-state index in [0.29, 0.717) is 27.8 Å². The number of carbonyl (C=O) groups is 1. The first-order valence-corrected chi connectivity index (χ1v) is 8.66. The number of aromatic nitrogens is 1. The van der Waals surface area contributed by atoms with E-state index in [1.165, 1.54) is 6.20 Å². The van der Waals surface area contributed by atoms with Gasteiger partial charge in [0.05, 0.1) is 5.56 Å². The van der Waals surface area contributed by atoms with E-state index in [1.54, 1.807) is 30.3 Å². The monoisotopic (exact) mass is 381 g/mol. The average molecular weight is 382 g/mol. The van der Waals surface area contributed by atoms with Gasteiger partial charge in [-0.05, 0) is 55.0 Å². The fraction of sp³-hybridized carbons (Fsp3) is 0.100. The molecule has 0 fully saturated rings. The van der Waals surface area contributed by atoms with Gasteiger partial charge in [-0.1, -0.05) is 11.6 Å². The van der Waals surface area contributed by atoms with Crippen LogP contribution in [0.4, 0.5) is 17.2 Å². The zero-order chi connectivity index (χ0) is 18.8. The smallest absolute Gasteiger partial charge is 0.257 e. The Balaban J connectivity index is 1.44. The van der Waals surface area contributed by atoms with Crippen LogP contribution in [-0.4, -0.2) is 17.7 Å². The number of carbonyl (C=O) groups excluding carboxylic acids is 1. The Hall–Kier alpha value is -3.25. The van der Waals surface area contributed by atoms with Crippen LogP contribution in [0.2, 0.25) is 5.02 Å². The van der Waals surface area contributed by atoms with E-state index in [0.717, 1.165) is 17.0 Å². The van der Waals surface area contributed by atoms with Gasteiger partial charge in [-0.25, -0.2) is 4.98 Å². The van der Waals surface area contributed by atoms with Crippen molar-refractivity contribution in [3.8, 4) is 11.5 Å². The third-order valence-electron chi connectivity index (χ3n) is 4.11. The SMILES string of the molecule is Cc1cc(Cl)ccc1NC(=O)c1ccc(Nc2ccc3c(c2)OCO3)nc1. The molecule has 1 aliphatic rings. The molecule has 0 saturated heterocycles. The van der Waals surface area contributed by atoms with Crippen molar-refractivity contribution in [3.05, 3.63) is 70.9 Å². The molecule has 136 valence electrons. The van der Waals surface area contributed by atoms with E-state index >= 15 is 0 Å². The number of ether oxygens (including phenoxy) is 2. The highest BCUT2D eigenvalue weighted by Gasteiger charge is 2.13. The first-order chi connectivity index (χ1) is 13.1. The molecule has 2 aromatic carbocycles. The number of rotatable bonds is 4. The van der Waals surface area contributed by atoms with Crippen LogP contribution < -0.4 is 20.1 Å². The van der Waals surface area contributed by atoms with Gasteiger partial charge in [0, 0.05) is 28.7 Å². The Morgan fingerprint density at radius 1 is 1.07 bits per heavy atom. The molecule has 2 N–H and O–H groups in total. The first kappa shape index (κ1) is 17.2. The third-order valence-corrected chi connectivity index (χ3v) is 4.34. The summed E-state index contributed by atoms with van der Waals surface area (Å²) in [6.07, 6.45) is 1.52. The molecule has 1 aliphatic heterocycles. The van der Waals surface area contributed by atoms with Gasteiger partial charge < -0.3 is 20.1 Å². The highest BCUT2D eigenvalue weighted by Crippen LogP contribution is 2.34. The van der Waals surface area contributed by atoms with Crippen molar-refractivity contribution in [2.45, 2.75) is 6.92 Å². The van der Waals surface area contributed by atoms with Crippen LogP contribution in [0.25, 0.3) is 0 Å². The molecule has 3 aromatic rings. The van der Waals surface area contributed by atoms with Crippen molar-refractivity contribution in [1.29, 1.82) is 0 Å². The predicted octanol–water partition coefficient (Wildman–Crippen LogP) is 4.77. The lowest BCUT2D eigenvalue weighted by Crippen LogP contribution is -2.13. The molecule has 0 saturated carbocycles. The highest BCUT2D eigenvalue weighted by atomic mass is 35.5. The number of benzene rings is 2. The fourth-order valence-electron chi connectivity index (χ4n) is 2.69. The van der Waals surface area contributed by atoms with Crippen LogP contribution in [-0.2, 0) is 0 Å². The number of nitrogens with zero attached hydrogens (tertiary/aromatic N) is 1. The van der Waals surface area contributed by atoms with Gasteiger partial charge in [0.15, 0.2) is 11.5 Å². The second-order valence-corrected chi connectivity index (χ2v) is 6.47. The molecule has 6 nitrogen and oxygen atoms in total. The van der Waals surface area contributed by atoms with Crippen molar-refractivity contribution >= 4 is 34.7 Å². The molecule has 0 unspecified atom stereocenters. The molecule has 0 atom stereocenters. The summed E-state index contributed by atoms with van der Waals surface area (Å²) in [7, 11) is 0. The summed E-state index contributed by atoms with van der Waals surface area (Å²) < 4.78 is 10.6. The summed E-state index contributed by atoms with van der Waals surface area (Å²) in [6.45, 7) is 2.12. The van der Waals surface area contributed by atoms with E-state index in [4.69, 9.17) is 21.1 Å². The molecule has 0 radical (unpaired) electrons. The van der Waals surface area contributed by atoms with Gasteiger partial charge >= 0.3 is 0 Å². The van der Waals surface area contributed by atoms with Crippen molar-refractivity contribution in [2.24, 2.45) is 0 Å². The summed E-state index contributed by atoms with van der Waals surface area (Å²) in [5, 5.41) is 6.67. The number of halogens is 1. The Labute approximate surface area is 161 Å². The standard InChI is InChI=1S/C20H16ClN3O3/c1-12-8-14(21)3-5-16(12)24-20(25)13-2-7-19(22-10-13)23-15-4-6-17-18(9-15)27-11-26-17/h2-10H,11H2,1H3,(H,22,23)(H,24,25). The first-order valence-electron chi connectivity index (χ1n) is 8.29. The van der Waals surface area contributed by atoms with Crippen molar-refractivity contribution in [2.75, 3.05) is 17.4 Å². The zero-order valence-corrected chi connectivity index (χ0v) is 15.2. The summed E-state index contributed by atoms with van der Waals surface area (Å²) in [6, 6.07) is 14.3. The van der Waals surface area contributed by atoms with Gasteiger partial charge in [0.1, 0.15) is 5.82 Å². The molecular weight excluding hydrogens is 366 g/mol. The minimum Gasteiger partial charge on any atom is -0.454 e. The largest absolute Gasteiger partial charge is 0.454 e. The Morgan fingerprint density at radius 2 is 1.93 bits per heavy atom. The highest BCUT2D eigenvalue weighted by molar-refractivity contribution is 6.30. The maximum Gasteiger partial charge on any atom is 0.257 e. The number of hydrogen-bond donors (Lipinski definition) is 2. The summed E-state index contributed by atoms with van der Waals surface area (Å²) >= 11 is 5.94. The average Bonchev–Trinajstić information content (AvgIpc) is 3.12. The third kappa shape index (κ3) is 3.80. The number of hydrogen-bond acceptors (Lipinski definition) is 5. The van der Waals surface area contributed by atoms with E-state index in [9.17, 15) is 4.79 Å². The molecule has 0 bridgehead atoms. The lowest BCUT2D eigenvalue weighted by Gasteiger charge is -2.10. The Bertz CT molecular complexity index is 1010. The molecule has 4 rings (SSSR count). The van der Waals surface area contributed by atoms with E-state index < -0.39 is 0 Å². The van der Waals surface area contributed by atoms with Crippen LogP contribution in [0.15, 0.2) is 54.7 Å². The van der Waals surface area contributed by atoms with Gasteiger partial charge in [0.2, 0.25) is 6.79 Å². The fourth-order valence-corrected chi connectivity index (χ4v) is 2.91. The molecule has 0 spiro atoms. The van der Waals surface area contributed by atoms with Crippen molar-refractivity contribution in [1.82, 2.24) is 4.98 Å². The summed E-state index contributed by atoms with van der Waals surface area (Å²) in [5.41, 5.74) is 2.89. The topological polar surface area (TPSA) is 72.5 Å². The maximum absolute atomic E-state index is 12.4. The molecule has 1 amide bonds. The second kappa shape index (κ2) is 7.17. The zero-order valence-electron chi connectivity index (χ0n) is 14.5. The minimum absolute atomic E-state index is 0.230. The van der Waals surface area contributed by atoms with E-state index in [2.05, 4.69) is 15.6 Å². The number of anilines is 3. The number of pyridine rings is 1. The van der Waals surface area contributed by atoms with Crippen molar-refractivity contribution in [3.63, 3.8) is 0 Å². The predicted molar refractivity (Wildman–Crippen MR) is 104 cm³/mol. The van der Waals surface area contributed by atoms with Gasteiger partial charge in [-0.3, -0.25) is 4.79 Å². The lowest BCUT2D eigenvalue weighted by atomic mass is 10.2. The number of aryl methyl sites for hydroxylation is 1. The second-order valence-electron chi connectivity index (χ2n) is 6.04. The summed E-state index contributed by atoms with van der Waals surface area (Å²) in [5.74, 6) is 1.79. The Kier molecular flexibility index (Phi) is 4.56. The maximum atomic E-state index is 12.4. The number of nitrogens with one attached hydrogen (secondary N) is 2. The van der Waals surface area contributed by atoms with Gasteiger partial charge in [-0.2, -0.15) is 0 Å². The van der Waals surface area contributed by atoms with Crippen LogP contribution in [0, 0.1) is 6.92 Å². The van der Waals surface area contributed by atoms with Crippen LogP contribution in [0.3, 0.4) is 0 Å². The van der Waals surface area contributed by atoms with Crippen molar-refractivity contribution < 1.29 is 14.3 Å². The summed E-state index contributed by atoms with van der Waals surface area (Å²) in [4.78, 5) is 16.7. The molecular formula is C20H16ClN3O3. The van der Waals surface area contributed by atoms with E-state index in [-0.39, 0.29) is 12.7 Å². The minimum atomic E-state index is -0.234. The molecule has 0 aliphatic carbocycles. The van der Waals surface area contributed by atoms with Crippen LogP contribution >= 0.6 is 11.6 Å². The molecule has 2 heterocycles. The number of fused-ring (bicyclic) bond motifs is 1. The van der Waals surface area contributed by atoms with Crippen LogP contribution in [0.5, 0.6) is 11.5 Å². The molecule has 7 heteroatoms. The number of amides is 1. The molecule has 1 aromatic heterocycles.